The molecule has 3 aromatic carbocycles. The number of benzene rings is 3. The Morgan fingerprint density at radius 2 is 1.41 bits per heavy atom. The Kier molecular flexibility index (Phi) is 6.19. The maximum Gasteiger partial charge on any atom is 0.255 e. The second-order valence-corrected chi connectivity index (χ2v) is 8.53. The fraction of sp³-hybridized carbons (Fsp3) is 0.200. The highest BCUT2D eigenvalue weighted by Gasteiger charge is 2.51. The van der Waals surface area contributed by atoms with E-state index in [0.29, 0.717) is 28.4 Å². The average molecular weight is 495 g/mol. The van der Waals surface area contributed by atoms with Crippen LogP contribution in [-0.4, -0.2) is 26.0 Å². The third-order valence-corrected chi connectivity index (χ3v) is 6.16. The number of carbonyl (C=O) groups is 2. The zero-order valence-corrected chi connectivity index (χ0v) is 19.4. The predicted octanol–water partition coefficient (Wildman–Crippen LogP) is 5.39. The molecule has 0 heterocycles. The number of amides is 2. The van der Waals surface area contributed by atoms with Crippen LogP contribution >= 0.6 is 15.9 Å². The van der Waals surface area contributed by atoms with E-state index in [1.54, 1.807) is 36.4 Å². The summed E-state index contributed by atoms with van der Waals surface area (Å²) in [5, 5.41) is 5.84. The molecule has 1 aliphatic rings. The average Bonchev–Trinajstić information content (AvgIpc) is 3.63. The molecule has 2 N–H and O–H groups in total. The quantitative estimate of drug-likeness (QED) is 0.461. The first kappa shape index (κ1) is 21.9. The molecule has 1 aliphatic carbocycles. The van der Waals surface area contributed by atoms with Crippen LogP contribution in [0.15, 0.2) is 71.2 Å². The topological polar surface area (TPSA) is 76.7 Å². The van der Waals surface area contributed by atoms with Gasteiger partial charge in [0, 0.05) is 22.2 Å². The summed E-state index contributed by atoms with van der Waals surface area (Å²) >= 11 is 3.44. The number of anilines is 2. The number of hydrogen-bond donors (Lipinski definition) is 2. The van der Waals surface area contributed by atoms with Gasteiger partial charge in [-0.25, -0.2) is 0 Å². The first-order chi connectivity index (χ1) is 15.5. The maximum absolute atomic E-state index is 13.2. The Labute approximate surface area is 195 Å². The second kappa shape index (κ2) is 9.04. The summed E-state index contributed by atoms with van der Waals surface area (Å²) in [7, 11) is 3.03. The predicted molar refractivity (Wildman–Crippen MR) is 128 cm³/mol. The van der Waals surface area contributed by atoms with Crippen molar-refractivity contribution in [2.75, 3.05) is 24.9 Å². The smallest absolute Gasteiger partial charge is 0.255 e. The van der Waals surface area contributed by atoms with Gasteiger partial charge in [-0.2, -0.15) is 0 Å². The molecular weight excluding hydrogens is 472 g/mol. The molecule has 7 heteroatoms. The van der Waals surface area contributed by atoms with E-state index in [0.717, 1.165) is 22.9 Å². The minimum absolute atomic E-state index is 0.0961. The fourth-order valence-corrected chi connectivity index (χ4v) is 3.92. The van der Waals surface area contributed by atoms with Crippen LogP contribution in [0.3, 0.4) is 0 Å². The molecule has 1 saturated carbocycles. The van der Waals surface area contributed by atoms with Crippen LogP contribution in [0.25, 0.3) is 0 Å². The zero-order chi connectivity index (χ0) is 22.7. The van der Waals surface area contributed by atoms with E-state index in [4.69, 9.17) is 9.47 Å². The molecule has 0 spiro atoms. The lowest BCUT2D eigenvalue weighted by molar-refractivity contribution is -0.118. The Morgan fingerprint density at radius 3 is 1.94 bits per heavy atom. The van der Waals surface area contributed by atoms with Crippen molar-refractivity contribution < 1.29 is 19.1 Å². The SMILES string of the molecule is COc1cc(NC(=O)C2(c3ccc(Br)cc3)CC2)c(OC)cc1NC(=O)c1ccccc1. The molecule has 0 unspecified atom stereocenters. The van der Waals surface area contributed by atoms with E-state index in [-0.39, 0.29) is 11.8 Å². The molecule has 32 heavy (non-hydrogen) atoms. The maximum atomic E-state index is 13.2. The van der Waals surface area contributed by atoms with Gasteiger partial charge < -0.3 is 20.1 Å². The third-order valence-electron chi connectivity index (χ3n) is 5.64. The van der Waals surface area contributed by atoms with Crippen molar-refractivity contribution in [3.8, 4) is 11.5 Å². The van der Waals surface area contributed by atoms with Crippen molar-refractivity contribution in [1.82, 2.24) is 0 Å². The molecule has 0 aliphatic heterocycles. The molecule has 2 amide bonds. The molecule has 0 bridgehead atoms. The number of methoxy groups -OCH3 is 2. The Bertz CT molecular complexity index is 1140. The summed E-state index contributed by atoms with van der Waals surface area (Å²) in [5.41, 5.74) is 1.90. The van der Waals surface area contributed by atoms with Gasteiger partial charge in [-0.3, -0.25) is 9.59 Å². The lowest BCUT2D eigenvalue weighted by atomic mass is 9.95. The molecule has 3 aromatic rings. The summed E-state index contributed by atoms with van der Waals surface area (Å²) in [5.74, 6) is 0.476. The molecule has 0 saturated heterocycles. The minimum Gasteiger partial charge on any atom is -0.494 e. The molecular formula is C25H23BrN2O4. The molecule has 6 nitrogen and oxygen atoms in total. The van der Waals surface area contributed by atoms with Crippen molar-refractivity contribution in [1.29, 1.82) is 0 Å². The second-order valence-electron chi connectivity index (χ2n) is 7.62. The van der Waals surface area contributed by atoms with Gasteiger partial charge in [-0.15, -0.1) is 0 Å². The standard InChI is InChI=1S/C25H23BrN2O4/c1-31-21-15-20(28-24(30)25(12-13-25)17-8-10-18(26)11-9-17)22(32-2)14-19(21)27-23(29)16-6-4-3-5-7-16/h3-11,14-15H,12-13H2,1-2H3,(H,27,29)(H,28,30). The van der Waals surface area contributed by atoms with Gasteiger partial charge in [0.2, 0.25) is 5.91 Å². The van der Waals surface area contributed by atoms with Crippen molar-refractivity contribution in [3.63, 3.8) is 0 Å². The van der Waals surface area contributed by atoms with Crippen LogP contribution in [-0.2, 0) is 10.2 Å². The highest BCUT2D eigenvalue weighted by molar-refractivity contribution is 9.10. The summed E-state index contributed by atoms with van der Waals surface area (Å²) in [6.45, 7) is 0. The highest BCUT2D eigenvalue weighted by Crippen LogP contribution is 2.50. The lowest BCUT2D eigenvalue weighted by Crippen LogP contribution is -2.28. The number of ether oxygens (including phenoxy) is 2. The number of rotatable bonds is 7. The van der Waals surface area contributed by atoms with Gasteiger partial charge in [0.25, 0.3) is 5.91 Å². The molecule has 1 fully saturated rings. The summed E-state index contributed by atoms with van der Waals surface area (Å²) in [6.07, 6.45) is 1.57. The monoisotopic (exact) mass is 494 g/mol. The largest absolute Gasteiger partial charge is 0.494 e. The Balaban J connectivity index is 1.58. The van der Waals surface area contributed by atoms with Crippen LogP contribution in [0.2, 0.25) is 0 Å². The van der Waals surface area contributed by atoms with E-state index < -0.39 is 5.41 Å². The van der Waals surface area contributed by atoms with Crippen molar-refractivity contribution >= 4 is 39.1 Å². The van der Waals surface area contributed by atoms with E-state index in [2.05, 4.69) is 26.6 Å². The number of carbonyl (C=O) groups excluding carboxylic acids is 2. The first-order valence-corrected chi connectivity index (χ1v) is 11.0. The first-order valence-electron chi connectivity index (χ1n) is 10.2. The number of hydrogen-bond acceptors (Lipinski definition) is 4. The van der Waals surface area contributed by atoms with E-state index in [1.165, 1.54) is 14.2 Å². The summed E-state index contributed by atoms with van der Waals surface area (Å²) in [4.78, 5) is 25.8. The van der Waals surface area contributed by atoms with Crippen LogP contribution in [0, 0.1) is 0 Å². The molecule has 0 radical (unpaired) electrons. The van der Waals surface area contributed by atoms with Crippen LogP contribution in [0.1, 0.15) is 28.8 Å². The van der Waals surface area contributed by atoms with Crippen molar-refractivity contribution in [2.45, 2.75) is 18.3 Å². The third kappa shape index (κ3) is 4.34. The zero-order valence-electron chi connectivity index (χ0n) is 17.8. The van der Waals surface area contributed by atoms with Gasteiger partial charge in [0.1, 0.15) is 11.5 Å². The Morgan fingerprint density at radius 1 is 0.844 bits per heavy atom. The molecule has 164 valence electrons. The lowest BCUT2D eigenvalue weighted by Gasteiger charge is -2.19. The van der Waals surface area contributed by atoms with E-state index in [9.17, 15) is 9.59 Å². The number of nitrogens with one attached hydrogen (secondary N) is 2. The molecule has 0 atom stereocenters. The van der Waals surface area contributed by atoms with Crippen molar-refractivity contribution in [2.24, 2.45) is 0 Å². The highest BCUT2D eigenvalue weighted by atomic mass is 79.9. The summed E-state index contributed by atoms with van der Waals surface area (Å²) in [6, 6.07) is 20.0. The normalized spacial score (nSPS) is 13.7. The van der Waals surface area contributed by atoms with Gasteiger partial charge in [-0.1, -0.05) is 46.3 Å². The molecule has 4 rings (SSSR count). The number of halogens is 1. The Hall–Kier alpha value is -3.32. The van der Waals surface area contributed by atoms with Gasteiger partial charge >= 0.3 is 0 Å². The van der Waals surface area contributed by atoms with Crippen molar-refractivity contribution in [3.05, 3.63) is 82.3 Å². The van der Waals surface area contributed by atoms with Gasteiger partial charge in [0.05, 0.1) is 31.0 Å². The van der Waals surface area contributed by atoms with E-state index >= 15 is 0 Å². The molecule has 0 aromatic heterocycles. The summed E-state index contributed by atoms with van der Waals surface area (Å²) < 4.78 is 11.9. The van der Waals surface area contributed by atoms with E-state index in [1.807, 2.05) is 30.3 Å². The minimum atomic E-state index is -0.543. The van der Waals surface area contributed by atoms with Gasteiger partial charge in [0.15, 0.2) is 0 Å². The fourth-order valence-electron chi connectivity index (χ4n) is 3.66. The van der Waals surface area contributed by atoms with Crippen LogP contribution in [0.4, 0.5) is 11.4 Å². The van der Waals surface area contributed by atoms with Crippen LogP contribution < -0.4 is 20.1 Å². The van der Waals surface area contributed by atoms with Gasteiger partial charge in [-0.05, 0) is 42.7 Å². The van der Waals surface area contributed by atoms with Crippen LogP contribution in [0.5, 0.6) is 11.5 Å².